The first kappa shape index (κ1) is 25.7. The van der Waals surface area contributed by atoms with Crippen LogP contribution in [0, 0.1) is 5.41 Å². The summed E-state index contributed by atoms with van der Waals surface area (Å²) in [5.41, 5.74) is 4.53. The maximum absolute atomic E-state index is 8.21. The Kier molecular flexibility index (Phi) is 7.56. The van der Waals surface area contributed by atoms with E-state index in [9.17, 15) is 0 Å². The number of allylic oxidation sites excluding steroid dienone is 6. The molecular weight excluding hydrogens is 463 g/mol. The van der Waals surface area contributed by atoms with E-state index in [2.05, 4.69) is 137 Å². The van der Waals surface area contributed by atoms with Gasteiger partial charge in [-0.15, -0.1) is 0 Å². The summed E-state index contributed by atoms with van der Waals surface area (Å²) in [6, 6.07) is 32.3. The number of benzene rings is 3. The van der Waals surface area contributed by atoms with E-state index in [1.54, 1.807) is 0 Å². The van der Waals surface area contributed by atoms with Gasteiger partial charge in [-0.3, -0.25) is 0 Å². The third kappa shape index (κ3) is 4.97. The summed E-state index contributed by atoms with van der Waals surface area (Å²) in [7, 11) is 0. The first-order chi connectivity index (χ1) is 16.8. The SMILES string of the molecule is CC1=C(/C=C/C(C)=C/C[PH-](Cl)(c2ccccc2)(c2ccccc2)c2ccccc2)C(C)(C)CCC1. The molecule has 0 nitrogen and oxygen atoms in total. The zero-order valence-electron chi connectivity index (χ0n) is 21.6. The second-order valence-electron chi connectivity index (χ2n) is 10.8. The zero-order chi connectivity index (χ0) is 25.0. The van der Waals surface area contributed by atoms with Gasteiger partial charge in [0.2, 0.25) is 0 Å². The minimum atomic E-state index is -3.60. The fourth-order valence-electron chi connectivity index (χ4n) is 5.86. The molecule has 4 rings (SSSR count). The average Bonchev–Trinajstić information content (AvgIpc) is 2.88. The molecule has 184 valence electrons. The molecule has 35 heavy (non-hydrogen) atoms. The van der Waals surface area contributed by atoms with Gasteiger partial charge < -0.3 is 0 Å². The van der Waals surface area contributed by atoms with Crippen LogP contribution in [0.4, 0.5) is 0 Å². The van der Waals surface area contributed by atoms with E-state index in [1.165, 1.54) is 51.9 Å². The molecule has 0 aliphatic heterocycles. The van der Waals surface area contributed by atoms with Crippen LogP contribution in [0.3, 0.4) is 0 Å². The van der Waals surface area contributed by atoms with Crippen molar-refractivity contribution in [3.8, 4) is 0 Å². The van der Waals surface area contributed by atoms with E-state index in [0.29, 0.717) is 0 Å². The maximum atomic E-state index is 8.21. The van der Waals surface area contributed by atoms with E-state index in [4.69, 9.17) is 11.2 Å². The second-order valence-corrected chi connectivity index (χ2v) is 18.1. The van der Waals surface area contributed by atoms with E-state index in [0.717, 1.165) is 6.16 Å². The molecule has 0 saturated heterocycles. The van der Waals surface area contributed by atoms with Crippen LogP contribution in [0.1, 0.15) is 47.0 Å². The standard InChI is InChI=1S/C33H39ClP/c1-27(22-23-32-28(2)15-14-25-33(32,3)4)24-26-35(34,29-16-8-5-9-17-29,30-18-10-6-11-19-30)31-20-12-7-13-21-31/h5-13,16-24,35H,14-15,25-26H2,1-4H3/q-1/b23-22+,27-24+. The van der Waals surface area contributed by atoms with Gasteiger partial charge in [0.05, 0.1) is 0 Å². The van der Waals surface area contributed by atoms with Gasteiger partial charge in [0, 0.05) is 0 Å². The fourth-order valence-corrected chi connectivity index (χ4v) is 12.3. The third-order valence-electron chi connectivity index (χ3n) is 7.99. The van der Waals surface area contributed by atoms with Gasteiger partial charge >= 0.3 is 218 Å². The summed E-state index contributed by atoms with van der Waals surface area (Å²) in [6.45, 7) is 9.26. The molecule has 1 aliphatic carbocycles. The van der Waals surface area contributed by atoms with Crippen LogP contribution in [0.2, 0.25) is 0 Å². The molecule has 0 bridgehead atoms. The van der Waals surface area contributed by atoms with Gasteiger partial charge in [-0.1, -0.05) is 0 Å². The first-order valence-corrected chi connectivity index (χ1v) is 16.6. The molecule has 0 N–H and O–H groups in total. The van der Waals surface area contributed by atoms with Crippen molar-refractivity contribution >= 4 is 33.1 Å². The molecule has 0 amide bonds. The van der Waals surface area contributed by atoms with Crippen LogP contribution < -0.4 is 15.9 Å². The Balaban J connectivity index is 1.84. The normalized spacial score (nSPS) is 17.9. The Bertz CT molecular complexity index is 1130. The molecular formula is C33H39ClP-. The molecule has 3 aromatic rings. The van der Waals surface area contributed by atoms with E-state index in [-0.39, 0.29) is 5.41 Å². The van der Waals surface area contributed by atoms with Gasteiger partial charge in [0.1, 0.15) is 0 Å². The van der Waals surface area contributed by atoms with Crippen LogP contribution in [-0.4, -0.2) is 6.16 Å². The van der Waals surface area contributed by atoms with Gasteiger partial charge in [-0.25, -0.2) is 0 Å². The van der Waals surface area contributed by atoms with Crippen molar-refractivity contribution in [2.24, 2.45) is 5.41 Å². The summed E-state index contributed by atoms with van der Waals surface area (Å²) in [6.07, 6.45) is 11.6. The number of rotatable bonds is 7. The summed E-state index contributed by atoms with van der Waals surface area (Å²) >= 11 is 8.21. The molecule has 0 atom stereocenters. The number of halogens is 1. The van der Waals surface area contributed by atoms with Crippen LogP contribution in [0.5, 0.6) is 0 Å². The molecule has 0 spiro atoms. The minimum absolute atomic E-state index is 0.240. The Morgan fingerprint density at radius 2 is 1.29 bits per heavy atom. The topological polar surface area (TPSA) is 0 Å². The van der Waals surface area contributed by atoms with Crippen molar-refractivity contribution in [2.45, 2.75) is 47.0 Å². The van der Waals surface area contributed by atoms with Crippen molar-refractivity contribution < 1.29 is 0 Å². The molecule has 0 aromatic heterocycles. The Hall–Kier alpha value is -2.40. The van der Waals surface area contributed by atoms with Gasteiger partial charge in [0.25, 0.3) is 0 Å². The average molecular weight is 502 g/mol. The zero-order valence-corrected chi connectivity index (χ0v) is 23.4. The molecule has 1 aliphatic rings. The van der Waals surface area contributed by atoms with Crippen LogP contribution in [-0.2, 0) is 0 Å². The summed E-state index contributed by atoms with van der Waals surface area (Å²) < 4.78 is 0. The van der Waals surface area contributed by atoms with Crippen molar-refractivity contribution in [1.29, 1.82) is 0 Å². The van der Waals surface area contributed by atoms with E-state index >= 15 is 0 Å². The Morgan fingerprint density at radius 1 is 0.829 bits per heavy atom. The van der Waals surface area contributed by atoms with E-state index < -0.39 is 5.96 Å². The molecule has 0 heterocycles. The third-order valence-corrected chi connectivity index (χ3v) is 16.0. The van der Waals surface area contributed by atoms with Gasteiger partial charge in [-0.2, -0.15) is 0 Å². The van der Waals surface area contributed by atoms with Crippen molar-refractivity contribution in [1.82, 2.24) is 0 Å². The van der Waals surface area contributed by atoms with Crippen molar-refractivity contribution in [2.75, 3.05) is 6.16 Å². The summed E-state index contributed by atoms with van der Waals surface area (Å²) in [5.74, 6) is -3.60. The van der Waals surface area contributed by atoms with Gasteiger partial charge in [-0.05, 0) is 0 Å². The second kappa shape index (κ2) is 10.3. The van der Waals surface area contributed by atoms with Crippen LogP contribution in [0.15, 0.2) is 126 Å². The summed E-state index contributed by atoms with van der Waals surface area (Å²) in [5, 5.41) is 3.68. The van der Waals surface area contributed by atoms with Crippen LogP contribution >= 0.6 is 17.2 Å². The van der Waals surface area contributed by atoms with Gasteiger partial charge in [0.15, 0.2) is 0 Å². The van der Waals surface area contributed by atoms with Crippen molar-refractivity contribution in [3.05, 3.63) is 126 Å². The monoisotopic (exact) mass is 501 g/mol. The Morgan fingerprint density at radius 3 is 1.71 bits per heavy atom. The predicted octanol–water partition coefficient (Wildman–Crippen LogP) is 8.43. The predicted molar refractivity (Wildman–Crippen MR) is 160 cm³/mol. The Labute approximate surface area is 217 Å². The summed E-state index contributed by atoms with van der Waals surface area (Å²) in [4.78, 5) is 0. The molecule has 0 saturated carbocycles. The number of hydrogen-bond acceptors (Lipinski definition) is 0. The molecule has 2 heteroatoms. The fraction of sp³-hybridized carbons (Fsp3) is 0.273. The molecule has 3 aromatic carbocycles. The molecule has 0 fully saturated rings. The van der Waals surface area contributed by atoms with E-state index in [1.807, 2.05) is 0 Å². The molecule has 0 radical (unpaired) electrons. The van der Waals surface area contributed by atoms with Crippen molar-refractivity contribution in [3.63, 3.8) is 0 Å². The first-order valence-electron chi connectivity index (χ1n) is 12.8. The molecule has 0 unspecified atom stereocenters. The number of hydrogen-bond donors (Lipinski definition) is 0. The van der Waals surface area contributed by atoms with Crippen LogP contribution in [0.25, 0.3) is 0 Å². The quantitative estimate of drug-likeness (QED) is 0.225.